The van der Waals surface area contributed by atoms with E-state index in [9.17, 15) is 14.8 Å². The molecule has 7 heteroatoms. The maximum atomic E-state index is 13.4. The number of hydrogen-bond acceptors (Lipinski definition) is 6. The second kappa shape index (κ2) is 9.71. The molecule has 2 rings (SSSR count). The molecule has 0 bridgehead atoms. The Hall–Kier alpha value is -2.38. The summed E-state index contributed by atoms with van der Waals surface area (Å²) in [6.45, 7) is 6.95. The minimum atomic E-state index is -1.04. The van der Waals surface area contributed by atoms with Crippen LogP contribution in [0, 0.1) is 10.6 Å². The molecule has 1 aliphatic rings. The van der Waals surface area contributed by atoms with Crippen LogP contribution < -0.4 is 5.06 Å². The Balaban J connectivity index is 2.31. The summed E-state index contributed by atoms with van der Waals surface area (Å²) in [4.78, 5) is 23.8. The average Bonchev–Trinajstić information content (AvgIpc) is 2.66. The second-order valence-electron chi connectivity index (χ2n) is 7.38. The average molecular weight is 391 g/mol. The Morgan fingerprint density at radius 3 is 2.54 bits per heavy atom. The van der Waals surface area contributed by atoms with E-state index in [-0.39, 0.29) is 18.3 Å². The zero-order valence-electron chi connectivity index (χ0n) is 16.9. The van der Waals surface area contributed by atoms with E-state index in [4.69, 9.17) is 14.2 Å². The molecule has 28 heavy (non-hydrogen) atoms. The van der Waals surface area contributed by atoms with Crippen LogP contribution >= 0.6 is 0 Å². The molecule has 1 aromatic rings. The summed E-state index contributed by atoms with van der Waals surface area (Å²) in [5.41, 5.74) is -0.0419. The van der Waals surface area contributed by atoms with Crippen LogP contribution in [0.15, 0.2) is 36.1 Å². The summed E-state index contributed by atoms with van der Waals surface area (Å²) in [5.74, 6) is -0.575. The lowest BCUT2D eigenvalue weighted by Gasteiger charge is -2.43. The molecule has 0 aliphatic carbocycles. The highest BCUT2D eigenvalue weighted by molar-refractivity contribution is 5.77. The summed E-state index contributed by atoms with van der Waals surface area (Å²) in [5, 5.41) is 13.2. The third-order valence-corrected chi connectivity index (χ3v) is 4.86. The highest BCUT2D eigenvalue weighted by atomic mass is 16.6. The maximum absolute atomic E-state index is 13.4. The van der Waals surface area contributed by atoms with Crippen molar-refractivity contribution in [3.63, 3.8) is 0 Å². The smallest absolute Gasteiger partial charge is 0.317 e. The van der Waals surface area contributed by atoms with Gasteiger partial charge in [-0.1, -0.05) is 31.5 Å². The molecule has 1 aliphatic heterocycles. The molecule has 0 aromatic heterocycles. The van der Waals surface area contributed by atoms with Crippen molar-refractivity contribution in [2.24, 2.45) is 5.41 Å². The molecule has 0 spiro atoms. The largest absolute Gasteiger partial charge is 0.628 e. The van der Waals surface area contributed by atoms with Crippen molar-refractivity contribution in [3.8, 4) is 0 Å². The summed E-state index contributed by atoms with van der Waals surface area (Å²) in [6.07, 6.45) is 1.69. The number of esters is 2. The molecule has 1 heterocycles. The molecule has 2 atom stereocenters. The van der Waals surface area contributed by atoms with Gasteiger partial charge in [-0.05, 0) is 32.4 Å². The number of ether oxygens (including phenoxy) is 3. The van der Waals surface area contributed by atoms with Gasteiger partial charge in [-0.25, -0.2) is 0 Å². The highest BCUT2D eigenvalue weighted by Gasteiger charge is 2.47. The van der Waals surface area contributed by atoms with Crippen LogP contribution in [0.2, 0.25) is 0 Å². The normalized spacial score (nSPS) is 19.8. The first-order valence-electron chi connectivity index (χ1n) is 9.55. The molecule has 0 fully saturated rings. The van der Waals surface area contributed by atoms with Gasteiger partial charge in [-0.3, -0.25) is 9.59 Å². The van der Waals surface area contributed by atoms with E-state index in [1.165, 1.54) is 6.92 Å². The lowest BCUT2D eigenvalue weighted by Crippen LogP contribution is -3.12. The molecule has 0 saturated heterocycles. The van der Waals surface area contributed by atoms with Crippen molar-refractivity contribution < 1.29 is 28.9 Å². The number of benzene rings is 1. The van der Waals surface area contributed by atoms with Crippen molar-refractivity contribution in [3.05, 3.63) is 46.9 Å². The summed E-state index contributed by atoms with van der Waals surface area (Å²) in [7, 11) is 0. The monoisotopic (exact) mass is 391 g/mol. The van der Waals surface area contributed by atoms with Gasteiger partial charge in [0.1, 0.15) is 18.1 Å². The van der Waals surface area contributed by atoms with Crippen LogP contribution in [-0.2, 0) is 23.8 Å². The molecular weight excluding hydrogens is 362 g/mol. The van der Waals surface area contributed by atoms with Crippen molar-refractivity contribution in [1.82, 2.24) is 0 Å². The zero-order chi connectivity index (χ0) is 20.7. The fourth-order valence-corrected chi connectivity index (χ4v) is 3.01. The van der Waals surface area contributed by atoms with E-state index in [1.807, 2.05) is 25.1 Å². The third-order valence-electron chi connectivity index (χ3n) is 4.86. The fourth-order valence-electron chi connectivity index (χ4n) is 3.01. The van der Waals surface area contributed by atoms with E-state index in [2.05, 4.69) is 0 Å². The first-order chi connectivity index (χ1) is 13.3. The molecule has 0 saturated carbocycles. The Labute approximate surface area is 165 Å². The van der Waals surface area contributed by atoms with Gasteiger partial charge in [0.25, 0.3) is 0 Å². The van der Waals surface area contributed by atoms with E-state index in [0.717, 1.165) is 12.8 Å². The van der Waals surface area contributed by atoms with E-state index >= 15 is 0 Å². The van der Waals surface area contributed by atoms with Crippen molar-refractivity contribution in [1.29, 1.82) is 0 Å². The van der Waals surface area contributed by atoms with Crippen LogP contribution in [0.5, 0.6) is 0 Å². The number of rotatable bonds is 8. The topological polar surface area (TPSA) is 89.3 Å². The van der Waals surface area contributed by atoms with Crippen molar-refractivity contribution in [2.75, 3.05) is 19.8 Å². The quantitative estimate of drug-likeness (QED) is 0.415. The molecule has 1 N–H and O–H groups in total. The maximum Gasteiger partial charge on any atom is 0.317 e. The molecule has 154 valence electrons. The number of carbonyl (C=O) groups excluding carboxylic acids is 2. The van der Waals surface area contributed by atoms with Gasteiger partial charge in [0.05, 0.1) is 6.61 Å². The van der Waals surface area contributed by atoms with E-state index in [0.29, 0.717) is 23.6 Å². The van der Waals surface area contributed by atoms with Gasteiger partial charge in [0.15, 0.2) is 18.1 Å². The predicted molar refractivity (Wildman–Crippen MR) is 104 cm³/mol. The molecule has 0 radical (unpaired) electrons. The summed E-state index contributed by atoms with van der Waals surface area (Å²) in [6, 6.07) is 8.35. The number of hydroxylamine groups is 2. The van der Waals surface area contributed by atoms with E-state index < -0.39 is 23.4 Å². The number of quaternary nitrogens is 1. The number of hydrogen-bond donors (Lipinski definition) is 1. The van der Waals surface area contributed by atoms with Crippen molar-refractivity contribution in [2.45, 2.75) is 46.6 Å². The first-order valence-corrected chi connectivity index (χ1v) is 9.55. The van der Waals surface area contributed by atoms with Crippen molar-refractivity contribution >= 4 is 17.6 Å². The first kappa shape index (κ1) is 21.9. The van der Waals surface area contributed by atoms with Gasteiger partial charge < -0.3 is 24.5 Å². The summed E-state index contributed by atoms with van der Waals surface area (Å²) < 4.78 is 16.2. The molecule has 7 nitrogen and oxygen atoms in total. The molecular formula is C21H29NO6. The summed E-state index contributed by atoms with van der Waals surface area (Å²) >= 11 is 0. The molecule has 0 amide bonds. The zero-order valence-corrected chi connectivity index (χ0v) is 16.9. The Bertz CT molecular complexity index is 713. The lowest BCUT2D eigenvalue weighted by atomic mass is 9.83. The minimum Gasteiger partial charge on any atom is -0.628 e. The Kier molecular flexibility index (Phi) is 7.60. The van der Waals surface area contributed by atoms with E-state index in [1.54, 1.807) is 26.0 Å². The highest BCUT2D eigenvalue weighted by Crippen LogP contribution is 2.27. The third kappa shape index (κ3) is 5.11. The molecule has 1 aromatic carbocycles. The van der Waals surface area contributed by atoms with Gasteiger partial charge in [-0.15, -0.1) is 0 Å². The second-order valence-corrected chi connectivity index (χ2v) is 7.38. The number of unbranched alkanes of at least 4 members (excludes halogenated alkanes) is 1. The Morgan fingerprint density at radius 2 is 1.93 bits per heavy atom. The van der Waals surface area contributed by atoms with Gasteiger partial charge >= 0.3 is 11.9 Å². The minimum absolute atomic E-state index is 0.0294. The van der Waals surface area contributed by atoms with Crippen LogP contribution in [0.25, 0.3) is 5.70 Å². The lowest BCUT2D eigenvalue weighted by molar-refractivity contribution is -0.814. The number of carbonyl (C=O) groups is 2. The Morgan fingerprint density at radius 1 is 1.25 bits per heavy atom. The number of nitrogens with one attached hydrogen (secondary N) is 1. The van der Waals surface area contributed by atoms with Crippen LogP contribution in [0.4, 0.5) is 0 Å². The van der Waals surface area contributed by atoms with Gasteiger partial charge in [-0.2, -0.15) is 0 Å². The predicted octanol–water partition coefficient (Wildman–Crippen LogP) is 2.07. The molecule has 2 unspecified atom stereocenters. The van der Waals surface area contributed by atoms with Crippen LogP contribution in [0.3, 0.4) is 0 Å². The SMILES string of the molecule is CCCCOC(=O)C(C)(C)C1COC(COC(C)=O)=C(c2ccccc2)[NH+]1[O-]. The van der Waals surface area contributed by atoms with Gasteiger partial charge in [0.2, 0.25) is 0 Å². The van der Waals surface area contributed by atoms with Crippen LogP contribution in [-0.4, -0.2) is 37.8 Å². The van der Waals surface area contributed by atoms with Crippen LogP contribution in [0.1, 0.15) is 46.1 Å². The standard InChI is InChI=1S/C21H29NO6/c1-5-6-12-26-20(24)21(3,4)18-14-28-17(13-27-15(2)23)19(22(18)25)16-10-8-7-9-11-16/h7-11,18,22H,5-6,12-14H2,1-4H3. The van der Waals surface area contributed by atoms with Gasteiger partial charge in [0, 0.05) is 12.5 Å². The fraction of sp³-hybridized carbons (Fsp3) is 0.524.